The SMILES string of the molecule is CCOCCS(=O)(=O)c1ccccc1O. The van der Waals surface area contributed by atoms with E-state index in [0.29, 0.717) is 6.61 Å². The van der Waals surface area contributed by atoms with Crippen molar-refractivity contribution < 1.29 is 18.3 Å². The highest BCUT2D eigenvalue weighted by atomic mass is 32.2. The summed E-state index contributed by atoms with van der Waals surface area (Å²) in [4.78, 5) is -0.0373. The molecule has 4 nitrogen and oxygen atoms in total. The Bertz CT molecular complexity index is 411. The summed E-state index contributed by atoms with van der Waals surface area (Å²) in [7, 11) is -3.44. The van der Waals surface area contributed by atoms with Crippen molar-refractivity contribution in [1.82, 2.24) is 0 Å². The Morgan fingerprint density at radius 3 is 2.60 bits per heavy atom. The van der Waals surface area contributed by atoms with E-state index in [-0.39, 0.29) is 23.0 Å². The summed E-state index contributed by atoms with van der Waals surface area (Å²) in [6.07, 6.45) is 0. The van der Waals surface area contributed by atoms with Crippen LogP contribution in [0.1, 0.15) is 6.92 Å². The predicted octanol–water partition coefficient (Wildman–Crippen LogP) is 1.20. The van der Waals surface area contributed by atoms with E-state index in [9.17, 15) is 13.5 Å². The van der Waals surface area contributed by atoms with Gasteiger partial charge in [-0.15, -0.1) is 0 Å². The minimum absolute atomic E-state index is 0.0373. The Morgan fingerprint density at radius 1 is 1.33 bits per heavy atom. The van der Waals surface area contributed by atoms with Crippen LogP contribution in [0.15, 0.2) is 29.2 Å². The standard InChI is InChI=1S/C10H14O4S/c1-2-14-7-8-15(12,13)10-6-4-3-5-9(10)11/h3-6,11H,2,7-8H2,1H3. The van der Waals surface area contributed by atoms with E-state index in [0.717, 1.165) is 0 Å². The van der Waals surface area contributed by atoms with Crippen LogP contribution in [0.5, 0.6) is 5.75 Å². The topological polar surface area (TPSA) is 63.6 Å². The molecule has 15 heavy (non-hydrogen) atoms. The highest BCUT2D eigenvalue weighted by Crippen LogP contribution is 2.22. The van der Waals surface area contributed by atoms with Crippen LogP contribution in [0.4, 0.5) is 0 Å². The van der Waals surface area contributed by atoms with Gasteiger partial charge in [-0.25, -0.2) is 8.42 Å². The van der Waals surface area contributed by atoms with Crippen molar-refractivity contribution in [3.8, 4) is 5.75 Å². The van der Waals surface area contributed by atoms with E-state index in [4.69, 9.17) is 4.74 Å². The summed E-state index contributed by atoms with van der Waals surface area (Å²) in [6, 6.07) is 5.90. The van der Waals surface area contributed by atoms with Gasteiger partial charge in [-0.05, 0) is 19.1 Å². The maximum absolute atomic E-state index is 11.7. The summed E-state index contributed by atoms with van der Waals surface area (Å²) >= 11 is 0. The summed E-state index contributed by atoms with van der Waals surface area (Å²) in [5.41, 5.74) is 0. The van der Waals surface area contributed by atoms with E-state index in [2.05, 4.69) is 0 Å². The largest absolute Gasteiger partial charge is 0.507 e. The van der Waals surface area contributed by atoms with Gasteiger partial charge in [-0.2, -0.15) is 0 Å². The number of phenols is 1. The first kappa shape index (κ1) is 12.0. The highest BCUT2D eigenvalue weighted by Gasteiger charge is 2.17. The third kappa shape index (κ3) is 3.21. The molecule has 0 radical (unpaired) electrons. The number of ether oxygens (including phenoxy) is 1. The van der Waals surface area contributed by atoms with E-state index in [1.54, 1.807) is 19.1 Å². The van der Waals surface area contributed by atoms with Gasteiger partial charge in [-0.1, -0.05) is 12.1 Å². The number of hydrogen-bond acceptors (Lipinski definition) is 4. The Labute approximate surface area is 89.4 Å². The minimum atomic E-state index is -3.44. The zero-order valence-corrected chi connectivity index (χ0v) is 9.33. The Hall–Kier alpha value is -1.07. The monoisotopic (exact) mass is 230 g/mol. The van der Waals surface area contributed by atoms with E-state index in [1.165, 1.54) is 12.1 Å². The molecule has 0 aliphatic carbocycles. The van der Waals surface area contributed by atoms with Gasteiger partial charge < -0.3 is 9.84 Å². The Morgan fingerprint density at radius 2 is 2.00 bits per heavy atom. The fraction of sp³-hybridized carbons (Fsp3) is 0.400. The number of benzene rings is 1. The van der Waals surface area contributed by atoms with Crippen molar-refractivity contribution in [1.29, 1.82) is 0 Å². The van der Waals surface area contributed by atoms with Crippen LogP contribution in [-0.4, -0.2) is 32.5 Å². The molecule has 5 heteroatoms. The summed E-state index contributed by atoms with van der Waals surface area (Å²) < 4.78 is 28.3. The molecule has 1 aromatic rings. The van der Waals surface area contributed by atoms with Crippen molar-refractivity contribution in [3.05, 3.63) is 24.3 Å². The molecule has 0 bridgehead atoms. The fourth-order valence-electron chi connectivity index (χ4n) is 1.14. The summed E-state index contributed by atoms with van der Waals surface area (Å²) in [6.45, 7) is 2.43. The van der Waals surface area contributed by atoms with Crippen LogP contribution in [0, 0.1) is 0 Å². The molecule has 0 saturated heterocycles. The molecule has 1 aromatic carbocycles. The van der Waals surface area contributed by atoms with Gasteiger partial charge in [0.05, 0.1) is 12.4 Å². The van der Waals surface area contributed by atoms with Crippen molar-refractivity contribution in [2.24, 2.45) is 0 Å². The van der Waals surface area contributed by atoms with Gasteiger partial charge in [0.2, 0.25) is 0 Å². The second-order valence-corrected chi connectivity index (χ2v) is 5.06. The molecule has 0 unspecified atom stereocenters. The average Bonchev–Trinajstić information content (AvgIpc) is 2.18. The van der Waals surface area contributed by atoms with Gasteiger partial charge in [0, 0.05) is 6.61 Å². The molecule has 0 atom stereocenters. The molecular formula is C10H14O4S. The molecule has 1 N–H and O–H groups in total. The van der Waals surface area contributed by atoms with Gasteiger partial charge in [0.25, 0.3) is 0 Å². The van der Waals surface area contributed by atoms with Crippen LogP contribution in [0.2, 0.25) is 0 Å². The number of rotatable bonds is 5. The summed E-state index contributed by atoms with van der Waals surface area (Å²) in [5.74, 6) is -0.327. The first-order valence-corrected chi connectivity index (χ1v) is 6.31. The molecule has 0 fully saturated rings. The van der Waals surface area contributed by atoms with Crippen LogP contribution in [0.25, 0.3) is 0 Å². The first-order valence-electron chi connectivity index (χ1n) is 4.66. The third-order valence-corrected chi connectivity index (χ3v) is 3.62. The number of hydrogen-bond donors (Lipinski definition) is 1. The fourth-order valence-corrected chi connectivity index (χ4v) is 2.37. The molecule has 1 rings (SSSR count). The molecule has 0 aliphatic rings. The average molecular weight is 230 g/mol. The number of para-hydroxylation sites is 1. The maximum atomic E-state index is 11.7. The van der Waals surface area contributed by atoms with Crippen molar-refractivity contribution in [3.63, 3.8) is 0 Å². The van der Waals surface area contributed by atoms with Crippen molar-refractivity contribution >= 4 is 9.84 Å². The number of phenolic OH excluding ortho intramolecular Hbond substituents is 1. The van der Waals surface area contributed by atoms with Crippen LogP contribution < -0.4 is 0 Å². The minimum Gasteiger partial charge on any atom is -0.507 e. The van der Waals surface area contributed by atoms with E-state index < -0.39 is 9.84 Å². The smallest absolute Gasteiger partial charge is 0.184 e. The van der Waals surface area contributed by atoms with Crippen LogP contribution >= 0.6 is 0 Å². The number of sulfone groups is 1. The molecule has 0 heterocycles. The molecule has 0 aliphatic heterocycles. The lowest BCUT2D eigenvalue weighted by Gasteiger charge is -2.05. The number of aromatic hydroxyl groups is 1. The lowest BCUT2D eigenvalue weighted by Crippen LogP contribution is -2.12. The van der Waals surface area contributed by atoms with Gasteiger partial charge in [0.15, 0.2) is 9.84 Å². The Balaban J connectivity index is 2.83. The molecule has 0 saturated carbocycles. The van der Waals surface area contributed by atoms with Crippen LogP contribution in [0.3, 0.4) is 0 Å². The van der Waals surface area contributed by atoms with Gasteiger partial charge in [0.1, 0.15) is 10.6 Å². The van der Waals surface area contributed by atoms with Crippen LogP contribution in [-0.2, 0) is 14.6 Å². The third-order valence-electron chi connectivity index (χ3n) is 1.90. The molecular weight excluding hydrogens is 216 g/mol. The molecule has 0 spiro atoms. The quantitative estimate of drug-likeness (QED) is 0.772. The second-order valence-electron chi connectivity index (χ2n) is 2.98. The summed E-state index contributed by atoms with van der Waals surface area (Å²) in [5, 5.41) is 9.38. The van der Waals surface area contributed by atoms with E-state index in [1.807, 2.05) is 0 Å². The zero-order valence-electron chi connectivity index (χ0n) is 8.51. The maximum Gasteiger partial charge on any atom is 0.184 e. The predicted molar refractivity (Wildman–Crippen MR) is 56.7 cm³/mol. The zero-order chi connectivity index (χ0) is 11.3. The normalized spacial score (nSPS) is 11.5. The lowest BCUT2D eigenvalue weighted by atomic mass is 10.3. The Kier molecular flexibility index (Phi) is 4.11. The first-order chi connectivity index (χ1) is 7.08. The molecule has 0 aromatic heterocycles. The van der Waals surface area contributed by atoms with Gasteiger partial charge in [-0.3, -0.25) is 0 Å². The molecule has 84 valence electrons. The second kappa shape index (κ2) is 5.14. The lowest BCUT2D eigenvalue weighted by molar-refractivity contribution is 0.163. The van der Waals surface area contributed by atoms with E-state index >= 15 is 0 Å². The van der Waals surface area contributed by atoms with Crippen molar-refractivity contribution in [2.75, 3.05) is 19.0 Å². The highest BCUT2D eigenvalue weighted by molar-refractivity contribution is 7.91. The molecule has 0 amide bonds. The van der Waals surface area contributed by atoms with Crippen molar-refractivity contribution in [2.45, 2.75) is 11.8 Å². The van der Waals surface area contributed by atoms with Gasteiger partial charge >= 0.3 is 0 Å².